The third kappa shape index (κ3) is 7.05. The minimum Gasteiger partial charge on any atom is -0.493 e. The van der Waals surface area contributed by atoms with Crippen molar-refractivity contribution in [1.29, 1.82) is 5.26 Å². The average molecular weight is 524 g/mol. The standard InChI is InChI=1S/C32H33N3O4/c1-22-7-13-28(23(2)17-22)34-31(36)27(20-33)18-25-10-14-29(30(19-25)38-3)39-21-24-8-11-26(12-9-24)32(37)35-15-5-4-6-16-35/h7-14,17-19H,4-6,15-16,21H2,1-3H3,(H,34,36)/b27-18-. The van der Waals surface area contributed by atoms with Crippen LogP contribution >= 0.6 is 0 Å². The van der Waals surface area contributed by atoms with Gasteiger partial charge in [0.2, 0.25) is 0 Å². The molecule has 0 radical (unpaired) electrons. The molecule has 1 saturated heterocycles. The Balaban J connectivity index is 1.41. The molecule has 0 atom stereocenters. The summed E-state index contributed by atoms with van der Waals surface area (Å²) < 4.78 is 11.5. The fourth-order valence-corrected chi connectivity index (χ4v) is 4.54. The molecule has 1 aliphatic heterocycles. The second kappa shape index (κ2) is 12.8. The Morgan fingerprint density at radius 3 is 2.38 bits per heavy atom. The van der Waals surface area contributed by atoms with Gasteiger partial charge in [0, 0.05) is 24.3 Å². The van der Waals surface area contributed by atoms with Crippen molar-refractivity contribution >= 4 is 23.6 Å². The highest BCUT2D eigenvalue weighted by atomic mass is 16.5. The van der Waals surface area contributed by atoms with Gasteiger partial charge in [-0.3, -0.25) is 9.59 Å². The van der Waals surface area contributed by atoms with Gasteiger partial charge >= 0.3 is 0 Å². The van der Waals surface area contributed by atoms with Crippen molar-refractivity contribution in [3.05, 3.63) is 94.1 Å². The zero-order valence-electron chi connectivity index (χ0n) is 22.6. The highest BCUT2D eigenvalue weighted by Gasteiger charge is 2.18. The van der Waals surface area contributed by atoms with Gasteiger partial charge in [0.15, 0.2) is 11.5 Å². The third-order valence-electron chi connectivity index (χ3n) is 6.73. The molecule has 0 unspecified atom stereocenters. The number of nitrogens with zero attached hydrogens (tertiary/aromatic N) is 2. The lowest BCUT2D eigenvalue weighted by Crippen LogP contribution is -2.35. The SMILES string of the molecule is COc1cc(/C=C(/C#N)C(=O)Nc2ccc(C)cc2C)ccc1OCc1ccc(C(=O)N2CCCCC2)cc1. The van der Waals surface area contributed by atoms with Crippen LogP contribution in [-0.4, -0.2) is 36.9 Å². The van der Waals surface area contributed by atoms with Crippen molar-refractivity contribution in [3.8, 4) is 17.6 Å². The summed E-state index contributed by atoms with van der Waals surface area (Å²) >= 11 is 0. The van der Waals surface area contributed by atoms with E-state index in [9.17, 15) is 14.9 Å². The molecule has 1 aliphatic rings. The normalized spacial score (nSPS) is 13.4. The van der Waals surface area contributed by atoms with Crippen LogP contribution in [0.15, 0.2) is 66.2 Å². The molecule has 1 N–H and O–H groups in total. The van der Waals surface area contributed by atoms with Crippen molar-refractivity contribution < 1.29 is 19.1 Å². The molecule has 200 valence electrons. The zero-order valence-corrected chi connectivity index (χ0v) is 22.6. The molecule has 0 aromatic heterocycles. The minimum atomic E-state index is -0.481. The second-order valence-electron chi connectivity index (χ2n) is 9.69. The summed E-state index contributed by atoms with van der Waals surface area (Å²) in [5.74, 6) is 0.604. The molecule has 7 nitrogen and oxygen atoms in total. The number of hydrogen-bond acceptors (Lipinski definition) is 5. The number of aryl methyl sites for hydroxylation is 2. The Hall–Kier alpha value is -4.57. The number of anilines is 1. The van der Waals surface area contributed by atoms with Gasteiger partial charge in [-0.1, -0.05) is 35.9 Å². The van der Waals surface area contributed by atoms with Gasteiger partial charge < -0.3 is 19.7 Å². The number of benzene rings is 3. The quantitative estimate of drug-likeness (QED) is 0.286. The molecular weight excluding hydrogens is 490 g/mol. The van der Waals surface area contributed by atoms with E-state index in [0.717, 1.165) is 42.6 Å². The highest BCUT2D eigenvalue weighted by molar-refractivity contribution is 6.10. The Labute approximate surface area is 229 Å². The first kappa shape index (κ1) is 27.5. The average Bonchev–Trinajstić information content (AvgIpc) is 2.96. The first-order valence-electron chi connectivity index (χ1n) is 13.1. The number of rotatable bonds is 8. The number of ether oxygens (including phenoxy) is 2. The van der Waals surface area contributed by atoms with Crippen LogP contribution in [0.2, 0.25) is 0 Å². The highest BCUT2D eigenvalue weighted by Crippen LogP contribution is 2.30. The lowest BCUT2D eigenvalue weighted by atomic mass is 10.1. The molecule has 1 heterocycles. The maximum Gasteiger partial charge on any atom is 0.266 e. The lowest BCUT2D eigenvalue weighted by molar-refractivity contribution is -0.112. The van der Waals surface area contributed by atoms with Gasteiger partial charge in [0.25, 0.3) is 11.8 Å². The van der Waals surface area contributed by atoms with Crippen molar-refractivity contribution in [3.63, 3.8) is 0 Å². The van der Waals surface area contributed by atoms with Gasteiger partial charge in [0.05, 0.1) is 7.11 Å². The van der Waals surface area contributed by atoms with E-state index in [1.54, 1.807) is 18.2 Å². The fraction of sp³-hybridized carbons (Fsp3) is 0.281. The predicted octanol–water partition coefficient (Wildman–Crippen LogP) is 6.06. The van der Waals surface area contributed by atoms with Crippen molar-refractivity contribution in [2.45, 2.75) is 39.7 Å². The van der Waals surface area contributed by atoms with E-state index in [0.29, 0.717) is 34.9 Å². The molecule has 4 rings (SSSR count). The van der Waals surface area contributed by atoms with Crippen LogP contribution in [0.4, 0.5) is 5.69 Å². The van der Waals surface area contributed by atoms with Crippen LogP contribution in [0.25, 0.3) is 6.08 Å². The van der Waals surface area contributed by atoms with Gasteiger partial charge in [-0.2, -0.15) is 5.26 Å². The van der Waals surface area contributed by atoms with Crippen LogP contribution in [0, 0.1) is 25.2 Å². The van der Waals surface area contributed by atoms with E-state index in [1.165, 1.54) is 19.6 Å². The van der Waals surface area contributed by atoms with E-state index in [2.05, 4.69) is 5.32 Å². The number of carbonyl (C=O) groups excluding carboxylic acids is 2. The monoisotopic (exact) mass is 523 g/mol. The number of hydrogen-bond donors (Lipinski definition) is 1. The molecule has 0 aliphatic carbocycles. The molecule has 0 bridgehead atoms. The summed E-state index contributed by atoms with van der Waals surface area (Å²) in [4.78, 5) is 27.4. The maximum atomic E-state index is 12.7. The van der Waals surface area contributed by atoms with Gasteiger partial charge in [-0.25, -0.2) is 0 Å². The summed E-state index contributed by atoms with van der Waals surface area (Å²) in [5, 5.41) is 12.4. The number of nitriles is 1. The smallest absolute Gasteiger partial charge is 0.266 e. The number of carbonyl (C=O) groups is 2. The van der Waals surface area contributed by atoms with Gasteiger partial charge in [-0.15, -0.1) is 0 Å². The van der Waals surface area contributed by atoms with Crippen molar-refractivity contribution in [2.24, 2.45) is 0 Å². The Morgan fingerprint density at radius 1 is 0.974 bits per heavy atom. The van der Waals surface area contributed by atoms with Gasteiger partial charge in [0.1, 0.15) is 18.2 Å². The fourth-order valence-electron chi connectivity index (χ4n) is 4.54. The first-order chi connectivity index (χ1) is 18.9. The van der Waals surface area contributed by atoms with E-state index in [-0.39, 0.29) is 11.5 Å². The number of methoxy groups -OCH3 is 1. The van der Waals surface area contributed by atoms with Crippen LogP contribution in [0.1, 0.15) is 51.9 Å². The summed E-state index contributed by atoms with van der Waals surface area (Å²) in [6, 6.07) is 20.4. The van der Waals surface area contributed by atoms with Crippen LogP contribution in [0.5, 0.6) is 11.5 Å². The van der Waals surface area contributed by atoms with Crippen molar-refractivity contribution in [1.82, 2.24) is 4.90 Å². The predicted molar refractivity (Wildman–Crippen MR) is 152 cm³/mol. The molecule has 2 amide bonds. The third-order valence-corrected chi connectivity index (χ3v) is 6.73. The molecule has 1 fully saturated rings. The summed E-state index contributed by atoms with van der Waals surface area (Å²) in [6.45, 7) is 5.83. The summed E-state index contributed by atoms with van der Waals surface area (Å²) in [6.07, 6.45) is 4.82. The van der Waals surface area contributed by atoms with Crippen LogP contribution in [-0.2, 0) is 11.4 Å². The zero-order chi connectivity index (χ0) is 27.8. The molecule has 0 saturated carbocycles. The topological polar surface area (TPSA) is 91.7 Å². The van der Waals surface area contributed by atoms with E-state index in [4.69, 9.17) is 9.47 Å². The Morgan fingerprint density at radius 2 is 1.72 bits per heavy atom. The second-order valence-corrected chi connectivity index (χ2v) is 9.69. The molecule has 3 aromatic carbocycles. The molecule has 7 heteroatoms. The first-order valence-corrected chi connectivity index (χ1v) is 13.1. The molecular formula is C32H33N3O4. The summed E-state index contributed by atoms with van der Waals surface area (Å²) in [7, 11) is 1.54. The molecule has 3 aromatic rings. The van der Waals surface area contributed by atoms with E-state index < -0.39 is 5.91 Å². The van der Waals surface area contributed by atoms with Crippen molar-refractivity contribution in [2.75, 3.05) is 25.5 Å². The van der Waals surface area contributed by atoms with E-state index in [1.807, 2.05) is 67.3 Å². The minimum absolute atomic E-state index is 0.0233. The number of nitrogens with one attached hydrogen (secondary N) is 1. The Kier molecular flexibility index (Phi) is 9.01. The largest absolute Gasteiger partial charge is 0.493 e. The molecule has 39 heavy (non-hydrogen) atoms. The van der Waals surface area contributed by atoms with Gasteiger partial charge in [-0.05, 0) is 86.2 Å². The number of piperidine rings is 1. The summed E-state index contributed by atoms with van der Waals surface area (Å²) in [5.41, 5.74) is 4.90. The number of likely N-dealkylation sites (tertiary alicyclic amines) is 1. The Bertz CT molecular complexity index is 1410. The maximum absolute atomic E-state index is 12.7. The van der Waals surface area contributed by atoms with Crippen LogP contribution < -0.4 is 14.8 Å². The lowest BCUT2D eigenvalue weighted by Gasteiger charge is -2.26. The number of amides is 2. The van der Waals surface area contributed by atoms with Crippen LogP contribution in [0.3, 0.4) is 0 Å². The van der Waals surface area contributed by atoms with E-state index >= 15 is 0 Å². The molecule has 0 spiro atoms.